The molecule has 0 amide bonds. The normalized spacial score (nSPS) is 10.6. The largest absolute Gasteiger partial charge is 0.383 e. The molecule has 18 heavy (non-hydrogen) atoms. The first-order valence-corrected chi connectivity index (χ1v) is 6.33. The minimum absolute atomic E-state index is 0.118. The smallest absolute Gasteiger partial charge is 0.266 e. The molecule has 2 aromatic rings. The highest BCUT2D eigenvalue weighted by Gasteiger charge is 2.03. The van der Waals surface area contributed by atoms with Gasteiger partial charge >= 0.3 is 0 Å². The molecule has 0 spiro atoms. The number of nitrogens with zero attached hydrogens (tertiary/aromatic N) is 2. The molecule has 0 aliphatic heterocycles. The molecule has 0 N–H and O–H groups in total. The molecule has 0 saturated heterocycles. The number of hydrogen-bond donors (Lipinski definition) is 0. The zero-order chi connectivity index (χ0) is 13.0. The number of halogens is 1. The van der Waals surface area contributed by atoms with Gasteiger partial charge in [0.1, 0.15) is 0 Å². The van der Waals surface area contributed by atoms with Crippen LogP contribution in [0.4, 0.5) is 0 Å². The maximum absolute atomic E-state index is 11.6. The van der Waals surface area contributed by atoms with Crippen LogP contribution in [-0.4, -0.2) is 23.5 Å². The van der Waals surface area contributed by atoms with Crippen LogP contribution < -0.4 is 5.56 Å². The summed E-state index contributed by atoms with van der Waals surface area (Å²) in [6.45, 7) is 0.927. The van der Waals surface area contributed by atoms with Crippen molar-refractivity contribution in [1.82, 2.24) is 9.78 Å². The fraction of sp³-hybridized carbons (Fsp3) is 0.231. The Balaban J connectivity index is 2.34. The van der Waals surface area contributed by atoms with E-state index in [9.17, 15) is 4.79 Å². The molecule has 5 heteroatoms. The van der Waals surface area contributed by atoms with Gasteiger partial charge < -0.3 is 4.74 Å². The standard InChI is InChI=1S/C13H13BrN2O2/c1-18-9-8-16-13(17)7-6-12(15-16)10-2-4-11(14)5-3-10/h2-7H,8-9H2,1H3. The number of rotatable bonds is 4. The summed E-state index contributed by atoms with van der Waals surface area (Å²) in [7, 11) is 1.60. The second-order valence-electron chi connectivity index (χ2n) is 3.78. The van der Waals surface area contributed by atoms with Crippen molar-refractivity contribution < 1.29 is 4.74 Å². The SMILES string of the molecule is COCCn1nc(-c2ccc(Br)cc2)ccc1=O. The van der Waals surface area contributed by atoms with Gasteiger partial charge in [0.25, 0.3) is 5.56 Å². The maximum atomic E-state index is 11.6. The van der Waals surface area contributed by atoms with Crippen LogP contribution in [0.15, 0.2) is 45.7 Å². The lowest BCUT2D eigenvalue weighted by atomic mass is 10.1. The molecule has 0 saturated carbocycles. The van der Waals surface area contributed by atoms with E-state index < -0.39 is 0 Å². The second kappa shape index (κ2) is 5.93. The molecule has 1 heterocycles. The third kappa shape index (κ3) is 3.05. The third-order valence-electron chi connectivity index (χ3n) is 2.51. The Kier molecular flexibility index (Phi) is 4.28. The predicted molar refractivity (Wildman–Crippen MR) is 73.5 cm³/mol. The van der Waals surface area contributed by atoms with Gasteiger partial charge in [0.2, 0.25) is 0 Å². The van der Waals surface area contributed by atoms with Crippen molar-refractivity contribution in [2.45, 2.75) is 6.54 Å². The molecule has 0 bridgehead atoms. The molecule has 0 radical (unpaired) electrons. The average molecular weight is 309 g/mol. The van der Waals surface area contributed by atoms with Crippen molar-refractivity contribution in [3.63, 3.8) is 0 Å². The van der Waals surface area contributed by atoms with Gasteiger partial charge in [0, 0.05) is 23.2 Å². The van der Waals surface area contributed by atoms with Crippen molar-refractivity contribution in [2.24, 2.45) is 0 Å². The van der Waals surface area contributed by atoms with E-state index in [0.29, 0.717) is 13.2 Å². The first-order valence-electron chi connectivity index (χ1n) is 5.54. The zero-order valence-electron chi connectivity index (χ0n) is 9.97. The van der Waals surface area contributed by atoms with Crippen LogP contribution in [0.5, 0.6) is 0 Å². The Bertz CT molecular complexity index is 578. The number of hydrogen-bond acceptors (Lipinski definition) is 3. The van der Waals surface area contributed by atoms with E-state index in [0.717, 1.165) is 15.7 Å². The lowest BCUT2D eigenvalue weighted by molar-refractivity contribution is 0.182. The molecule has 94 valence electrons. The summed E-state index contributed by atoms with van der Waals surface area (Å²) in [6, 6.07) is 11.1. The Hall–Kier alpha value is -1.46. The van der Waals surface area contributed by atoms with Gasteiger partial charge in [-0.1, -0.05) is 28.1 Å². The number of benzene rings is 1. The van der Waals surface area contributed by atoms with E-state index in [2.05, 4.69) is 21.0 Å². The first-order chi connectivity index (χ1) is 8.70. The molecule has 1 aromatic heterocycles. The van der Waals surface area contributed by atoms with Gasteiger partial charge in [-0.2, -0.15) is 5.10 Å². The Morgan fingerprint density at radius 1 is 1.22 bits per heavy atom. The van der Waals surface area contributed by atoms with Crippen LogP contribution in [0.2, 0.25) is 0 Å². The molecule has 0 fully saturated rings. The summed E-state index contributed by atoms with van der Waals surface area (Å²) >= 11 is 3.39. The van der Waals surface area contributed by atoms with Gasteiger partial charge in [-0.25, -0.2) is 4.68 Å². The van der Waals surface area contributed by atoms with E-state index in [-0.39, 0.29) is 5.56 Å². The van der Waals surface area contributed by atoms with E-state index in [1.54, 1.807) is 13.2 Å². The molecule has 1 aromatic carbocycles. The fourth-order valence-electron chi connectivity index (χ4n) is 1.56. The van der Waals surface area contributed by atoms with E-state index in [1.165, 1.54) is 10.7 Å². The highest BCUT2D eigenvalue weighted by atomic mass is 79.9. The molecular formula is C13H13BrN2O2. The minimum Gasteiger partial charge on any atom is -0.383 e. The van der Waals surface area contributed by atoms with Crippen LogP contribution in [-0.2, 0) is 11.3 Å². The quantitative estimate of drug-likeness (QED) is 0.870. The molecule has 0 aliphatic carbocycles. The Morgan fingerprint density at radius 2 is 1.94 bits per heavy atom. The lowest BCUT2D eigenvalue weighted by Crippen LogP contribution is -2.24. The van der Waals surface area contributed by atoms with Crippen LogP contribution >= 0.6 is 15.9 Å². The van der Waals surface area contributed by atoms with Gasteiger partial charge in [-0.3, -0.25) is 4.79 Å². The molecule has 0 aliphatic rings. The Labute approximate surface area is 113 Å². The first kappa shape index (κ1) is 13.0. The Morgan fingerprint density at radius 3 is 2.61 bits per heavy atom. The van der Waals surface area contributed by atoms with Crippen LogP contribution in [0.25, 0.3) is 11.3 Å². The summed E-state index contributed by atoms with van der Waals surface area (Å²) < 4.78 is 7.39. The molecule has 2 rings (SSSR count). The monoisotopic (exact) mass is 308 g/mol. The highest BCUT2D eigenvalue weighted by Crippen LogP contribution is 2.18. The number of ether oxygens (including phenoxy) is 1. The topological polar surface area (TPSA) is 44.1 Å². The lowest BCUT2D eigenvalue weighted by Gasteiger charge is -2.06. The van der Waals surface area contributed by atoms with Gasteiger partial charge in [0.05, 0.1) is 18.8 Å². The molecular weight excluding hydrogens is 296 g/mol. The van der Waals surface area contributed by atoms with Crippen molar-refractivity contribution in [3.05, 3.63) is 51.2 Å². The summed E-state index contributed by atoms with van der Waals surface area (Å²) in [4.78, 5) is 11.6. The van der Waals surface area contributed by atoms with Crippen molar-refractivity contribution in [2.75, 3.05) is 13.7 Å². The van der Waals surface area contributed by atoms with Crippen LogP contribution in [0.1, 0.15) is 0 Å². The van der Waals surface area contributed by atoms with E-state index >= 15 is 0 Å². The summed E-state index contributed by atoms with van der Waals surface area (Å²) in [6.07, 6.45) is 0. The summed E-state index contributed by atoms with van der Waals surface area (Å²) in [5.74, 6) is 0. The van der Waals surface area contributed by atoms with Crippen molar-refractivity contribution in [3.8, 4) is 11.3 Å². The van der Waals surface area contributed by atoms with Gasteiger partial charge in [-0.05, 0) is 18.2 Å². The highest BCUT2D eigenvalue weighted by molar-refractivity contribution is 9.10. The second-order valence-corrected chi connectivity index (χ2v) is 4.70. The van der Waals surface area contributed by atoms with Crippen LogP contribution in [0, 0.1) is 0 Å². The molecule has 0 atom stereocenters. The zero-order valence-corrected chi connectivity index (χ0v) is 11.6. The fourth-order valence-corrected chi connectivity index (χ4v) is 1.83. The summed E-state index contributed by atoms with van der Waals surface area (Å²) in [5, 5.41) is 4.32. The van der Waals surface area contributed by atoms with E-state index in [1.807, 2.05) is 24.3 Å². The van der Waals surface area contributed by atoms with Crippen molar-refractivity contribution in [1.29, 1.82) is 0 Å². The van der Waals surface area contributed by atoms with Crippen molar-refractivity contribution >= 4 is 15.9 Å². The maximum Gasteiger partial charge on any atom is 0.266 e. The molecule has 4 nitrogen and oxygen atoms in total. The number of methoxy groups -OCH3 is 1. The number of aromatic nitrogens is 2. The molecule has 0 unspecified atom stereocenters. The minimum atomic E-state index is -0.118. The average Bonchev–Trinajstić information content (AvgIpc) is 2.39. The summed E-state index contributed by atoms with van der Waals surface area (Å²) in [5.41, 5.74) is 1.63. The van der Waals surface area contributed by atoms with E-state index in [4.69, 9.17) is 4.74 Å². The van der Waals surface area contributed by atoms with Crippen LogP contribution in [0.3, 0.4) is 0 Å². The van der Waals surface area contributed by atoms with Gasteiger partial charge in [-0.15, -0.1) is 0 Å². The predicted octanol–water partition coefficient (Wildman–Crippen LogP) is 2.32. The third-order valence-corrected chi connectivity index (χ3v) is 3.04. The van der Waals surface area contributed by atoms with Gasteiger partial charge in [0.15, 0.2) is 0 Å².